The van der Waals surface area contributed by atoms with Crippen LogP contribution < -0.4 is 10.6 Å². The van der Waals surface area contributed by atoms with Crippen LogP contribution in [-0.2, 0) is 25.5 Å². The standard InChI is InChI=1S/C31H46N4O5/c1-31(2,3)40-30(39)35-18-10-15-26(35)29(38)34-19-16-23(17-20-34)27(36)33-25(21-22-11-6-4-7-12-22)28(37)32-24-13-8-5-9-14-24/h4,6-7,11-12,23-26H,5,8-10,13-21H2,1-3H3,(H,32,37)(H,33,36)/t25-,26-/m0/s1. The number of amides is 4. The molecule has 1 saturated carbocycles. The number of nitrogens with zero attached hydrogens (tertiary/aromatic N) is 2. The molecule has 0 radical (unpaired) electrons. The third kappa shape index (κ3) is 8.21. The first-order valence-electron chi connectivity index (χ1n) is 15.0. The molecule has 3 fully saturated rings. The third-order valence-corrected chi connectivity index (χ3v) is 8.21. The van der Waals surface area contributed by atoms with E-state index in [0.29, 0.717) is 45.3 Å². The lowest BCUT2D eigenvalue weighted by molar-refractivity contribution is -0.139. The number of hydrogen-bond donors (Lipinski definition) is 2. The predicted molar refractivity (Wildman–Crippen MR) is 152 cm³/mol. The fourth-order valence-electron chi connectivity index (χ4n) is 6.03. The van der Waals surface area contributed by atoms with E-state index < -0.39 is 23.8 Å². The van der Waals surface area contributed by atoms with Crippen LogP contribution in [0.3, 0.4) is 0 Å². The predicted octanol–water partition coefficient (Wildman–Crippen LogP) is 3.80. The minimum absolute atomic E-state index is 0.0731. The largest absolute Gasteiger partial charge is 0.444 e. The quantitative estimate of drug-likeness (QED) is 0.533. The number of piperidine rings is 1. The van der Waals surface area contributed by atoms with Crippen molar-refractivity contribution in [2.45, 2.75) is 109 Å². The van der Waals surface area contributed by atoms with Crippen molar-refractivity contribution >= 4 is 23.8 Å². The highest BCUT2D eigenvalue weighted by molar-refractivity contribution is 5.89. The molecule has 1 aromatic rings. The van der Waals surface area contributed by atoms with Crippen molar-refractivity contribution in [1.82, 2.24) is 20.4 Å². The summed E-state index contributed by atoms with van der Waals surface area (Å²) in [5.74, 6) is -0.602. The number of benzene rings is 1. The Balaban J connectivity index is 1.32. The van der Waals surface area contributed by atoms with Crippen LogP contribution in [0.2, 0.25) is 0 Å². The van der Waals surface area contributed by atoms with Gasteiger partial charge in [-0.05, 0) is 64.9 Å². The summed E-state index contributed by atoms with van der Waals surface area (Å²) in [6.45, 7) is 6.86. The average Bonchev–Trinajstić information content (AvgIpc) is 3.43. The highest BCUT2D eigenvalue weighted by atomic mass is 16.6. The van der Waals surface area contributed by atoms with E-state index in [2.05, 4.69) is 10.6 Å². The maximum Gasteiger partial charge on any atom is 0.410 e. The van der Waals surface area contributed by atoms with Crippen LogP contribution in [0.25, 0.3) is 0 Å². The molecule has 4 rings (SSSR count). The Morgan fingerprint density at radius 3 is 2.23 bits per heavy atom. The molecular weight excluding hydrogens is 508 g/mol. The minimum Gasteiger partial charge on any atom is -0.444 e. The lowest BCUT2D eigenvalue weighted by Gasteiger charge is -2.36. The number of nitrogens with one attached hydrogen (secondary N) is 2. The lowest BCUT2D eigenvalue weighted by Crippen LogP contribution is -2.54. The van der Waals surface area contributed by atoms with Gasteiger partial charge in [-0.1, -0.05) is 49.6 Å². The second-order valence-corrected chi connectivity index (χ2v) is 12.5. The van der Waals surface area contributed by atoms with Gasteiger partial charge in [0.05, 0.1) is 0 Å². The number of hydrogen-bond acceptors (Lipinski definition) is 5. The lowest BCUT2D eigenvalue weighted by atomic mass is 9.93. The summed E-state index contributed by atoms with van der Waals surface area (Å²) in [5.41, 5.74) is 0.378. The first kappa shape index (κ1) is 29.9. The zero-order chi connectivity index (χ0) is 28.7. The van der Waals surface area contributed by atoms with Gasteiger partial charge in [-0.3, -0.25) is 19.3 Å². The highest BCUT2D eigenvalue weighted by Crippen LogP contribution is 2.25. The van der Waals surface area contributed by atoms with E-state index >= 15 is 0 Å². The van der Waals surface area contributed by atoms with Gasteiger partial charge >= 0.3 is 6.09 Å². The molecule has 1 aliphatic carbocycles. The van der Waals surface area contributed by atoms with Crippen molar-refractivity contribution in [3.05, 3.63) is 35.9 Å². The Bertz CT molecular complexity index is 1030. The molecule has 9 nitrogen and oxygen atoms in total. The molecule has 1 aromatic carbocycles. The summed E-state index contributed by atoms with van der Waals surface area (Å²) in [7, 11) is 0. The maximum absolute atomic E-state index is 13.3. The first-order valence-corrected chi connectivity index (χ1v) is 15.0. The summed E-state index contributed by atoms with van der Waals surface area (Å²) in [6.07, 6.45) is 7.83. The van der Waals surface area contributed by atoms with Gasteiger partial charge < -0.3 is 20.3 Å². The Morgan fingerprint density at radius 2 is 1.57 bits per heavy atom. The van der Waals surface area contributed by atoms with Crippen LogP contribution in [0.4, 0.5) is 4.79 Å². The molecule has 0 unspecified atom stereocenters. The van der Waals surface area contributed by atoms with Crippen LogP contribution in [0.15, 0.2) is 30.3 Å². The molecule has 2 saturated heterocycles. The van der Waals surface area contributed by atoms with Crippen LogP contribution in [0, 0.1) is 5.92 Å². The van der Waals surface area contributed by atoms with Gasteiger partial charge in [-0.25, -0.2) is 4.79 Å². The van der Waals surface area contributed by atoms with Gasteiger partial charge in [0.1, 0.15) is 17.7 Å². The van der Waals surface area contributed by atoms with E-state index in [4.69, 9.17) is 4.74 Å². The van der Waals surface area contributed by atoms with E-state index in [1.807, 2.05) is 51.1 Å². The molecule has 220 valence electrons. The maximum atomic E-state index is 13.3. The Morgan fingerprint density at radius 1 is 0.900 bits per heavy atom. The van der Waals surface area contributed by atoms with Gasteiger partial charge in [0.2, 0.25) is 17.7 Å². The molecule has 3 aliphatic rings. The van der Waals surface area contributed by atoms with Crippen LogP contribution in [0.5, 0.6) is 0 Å². The van der Waals surface area contributed by atoms with Gasteiger partial charge in [-0.2, -0.15) is 0 Å². The number of likely N-dealkylation sites (tertiary alicyclic amines) is 2. The second kappa shape index (κ2) is 13.5. The Kier molecular flexibility index (Phi) is 10.1. The van der Waals surface area contributed by atoms with Gasteiger partial charge in [-0.15, -0.1) is 0 Å². The molecule has 40 heavy (non-hydrogen) atoms. The minimum atomic E-state index is -0.641. The monoisotopic (exact) mass is 554 g/mol. The van der Waals surface area contributed by atoms with Crippen molar-refractivity contribution in [3.63, 3.8) is 0 Å². The molecule has 2 aliphatic heterocycles. The molecule has 0 spiro atoms. The molecule has 2 atom stereocenters. The molecule has 9 heteroatoms. The van der Waals surface area contributed by atoms with Crippen LogP contribution >= 0.6 is 0 Å². The van der Waals surface area contributed by atoms with Gasteiger partial charge in [0.15, 0.2) is 0 Å². The number of rotatable bonds is 7. The highest BCUT2D eigenvalue weighted by Gasteiger charge is 2.40. The van der Waals surface area contributed by atoms with Crippen molar-refractivity contribution in [2.75, 3.05) is 19.6 Å². The fourth-order valence-corrected chi connectivity index (χ4v) is 6.03. The zero-order valence-corrected chi connectivity index (χ0v) is 24.3. The van der Waals surface area contributed by atoms with E-state index in [1.165, 1.54) is 6.42 Å². The van der Waals surface area contributed by atoms with E-state index in [1.54, 1.807) is 9.80 Å². The summed E-state index contributed by atoms with van der Waals surface area (Å²) < 4.78 is 5.52. The summed E-state index contributed by atoms with van der Waals surface area (Å²) in [4.78, 5) is 55.9. The molecule has 0 aromatic heterocycles. The summed E-state index contributed by atoms with van der Waals surface area (Å²) in [5, 5.41) is 6.22. The Labute approximate surface area is 238 Å². The topological polar surface area (TPSA) is 108 Å². The van der Waals surface area contributed by atoms with Crippen molar-refractivity contribution in [3.8, 4) is 0 Å². The van der Waals surface area contributed by atoms with Crippen LogP contribution in [0.1, 0.15) is 84.1 Å². The fraction of sp³-hybridized carbons (Fsp3) is 0.677. The van der Waals surface area contributed by atoms with E-state index in [-0.39, 0.29) is 29.7 Å². The summed E-state index contributed by atoms with van der Waals surface area (Å²) >= 11 is 0. The van der Waals surface area contributed by atoms with Gasteiger partial charge in [0, 0.05) is 38.0 Å². The zero-order valence-electron chi connectivity index (χ0n) is 24.3. The molecule has 2 N–H and O–H groups in total. The second-order valence-electron chi connectivity index (χ2n) is 12.5. The molecular formula is C31H46N4O5. The Hall–Kier alpha value is -3.10. The van der Waals surface area contributed by atoms with Crippen molar-refractivity contribution in [2.24, 2.45) is 5.92 Å². The number of ether oxygens (including phenoxy) is 1. The molecule has 0 bridgehead atoms. The third-order valence-electron chi connectivity index (χ3n) is 8.21. The van der Waals surface area contributed by atoms with Crippen molar-refractivity contribution in [1.29, 1.82) is 0 Å². The van der Waals surface area contributed by atoms with Crippen LogP contribution in [-0.4, -0.2) is 77.0 Å². The summed E-state index contributed by atoms with van der Waals surface area (Å²) in [6, 6.07) is 8.77. The van der Waals surface area contributed by atoms with Gasteiger partial charge in [0.25, 0.3) is 0 Å². The van der Waals surface area contributed by atoms with Crippen molar-refractivity contribution < 1.29 is 23.9 Å². The average molecular weight is 555 g/mol. The smallest absolute Gasteiger partial charge is 0.410 e. The molecule has 2 heterocycles. The number of carbonyl (C=O) groups excluding carboxylic acids is 4. The van der Waals surface area contributed by atoms with E-state index in [9.17, 15) is 19.2 Å². The first-order chi connectivity index (χ1) is 19.1. The normalized spacial score (nSPS) is 21.5. The molecule has 4 amide bonds. The van der Waals surface area contributed by atoms with E-state index in [0.717, 1.165) is 37.7 Å². The SMILES string of the molecule is CC(C)(C)OC(=O)N1CCC[C@H]1C(=O)N1CCC(C(=O)N[C@@H](Cc2ccccc2)C(=O)NC2CCCCC2)CC1. The number of carbonyl (C=O) groups is 4.